The first-order chi connectivity index (χ1) is 13.2. The highest BCUT2D eigenvalue weighted by atomic mass is 16.6. The van der Waals surface area contributed by atoms with Gasteiger partial charge in [-0.25, -0.2) is 4.79 Å². The number of aromatic nitrogens is 1. The number of ether oxygens (including phenoxy) is 2. The lowest BCUT2D eigenvalue weighted by atomic mass is 9.91. The van der Waals surface area contributed by atoms with Crippen LogP contribution in [0.4, 0.5) is 4.79 Å². The second-order valence-electron chi connectivity index (χ2n) is 7.08. The molecule has 1 saturated heterocycles. The van der Waals surface area contributed by atoms with E-state index in [0.29, 0.717) is 11.7 Å². The third-order valence-electron chi connectivity index (χ3n) is 5.21. The smallest absolute Gasteiger partial charge is 0.415 e. The number of methoxy groups -OCH3 is 1. The van der Waals surface area contributed by atoms with E-state index in [4.69, 9.17) is 9.47 Å². The molecule has 0 radical (unpaired) electrons. The van der Waals surface area contributed by atoms with E-state index < -0.39 is 0 Å². The number of rotatable bonds is 7. The number of aryl methyl sites for hydroxylation is 1. The number of benzene rings is 1. The summed E-state index contributed by atoms with van der Waals surface area (Å²) in [6, 6.07) is 11.3. The van der Waals surface area contributed by atoms with Gasteiger partial charge in [-0.2, -0.15) is 0 Å². The quantitative estimate of drug-likeness (QED) is 0.664. The van der Waals surface area contributed by atoms with Gasteiger partial charge in [0.1, 0.15) is 11.5 Å². The summed E-state index contributed by atoms with van der Waals surface area (Å²) in [4.78, 5) is 18.2. The zero-order valence-corrected chi connectivity index (χ0v) is 16.0. The van der Waals surface area contributed by atoms with E-state index in [1.807, 2.05) is 17.3 Å². The van der Waals surface area contributed by atoms with Crippen LogP contribution in [-0.4, -0.2) is 36.2 Å². The minimum atomic E-state index is -0.253. The van der Waals surface area contributed by atoms with E-state index in [1.165, 1.54) is 24.8 Å². The van der Waals surface area contributed by atoms with Gasteiger partial charge in [0.05, 0.1) is 7.11 Å². The van der Waals surface area contributed by atoms with Crippen molar-refractivity contribution in [2.75, 3.05) is 20.2 Å². The van der Waals surface area contributed by atoms with Crippen LogP contribution in [0, 0.1) is 5.92 Å². The highest BCUT2D eigenvalue weighted by Gasteiger charge is 2.23. The number of nitrogens with zero attached hydrogens (tertiary/aromatic N) is 2. The van der Waals surface area contributed by atoms with Gasteiger partial charge in [0.2, 0.25) is 0 Å². The number of amides is 1. The summed E-state index contributed by atoms with van der Waals surface area (Å²) in [5.41, 5.74) is 1.36. The highest BCUT2D eigenvalue weighted by molar-refractivity contribution is 5.70. The molecule has 3 rings (SSSR count). The third kappa shape index (κ3) is 5.98. The van der Waals surface area contributed by atoms with Crippen LogP contribution < -0.4 is 9.47 Å². The highest BCUT2D eigenvalue weighted by Crippen LogP contribution is 2.24. The average molecular weight is 368 g/mol. The van der Waals surface area contributed by atoms with Crippen LogP contribution in [0.3, 0.4) is 0 Å². The van der Waals surface area contributed by atoms with E-state index in [2.05, 4.69) is 17.1 Å². The van der Waals surface area contributed by atoms with E-state index in [1.54, 1.807) is 31.4 Å². The largest absolute Gasteiger partial charge is 0.497 e. The Kier molecular flexibility index (Phi) is 7.08. The molecular formula is C22H28N2O3. The third-order valence-corrected chi connectivity index (χ3v) is 5.21. The van der Waals surface area contributed by atoms with Crippen LogP contribution in [0.5, 0.6) is 11.5 Å². The van der Waals surface area contributed by atoms with Crippen LogP contribution in [0.1, 0.15) is 37.7 Å². The summed E-state index contributed by atoms with van der Waals surface area (Å²) in [5, 5.41) is 0. The molecule has 2 aromatic rings. The Bertz CT molecular complexity index is 695. The number of piperidine rings is 1. The Labute approximate surface area is 161 Å². The number of pyridine rings is 1. The number of hydrogen-bond donors (Lipinski definition) is 0. The first kappa shape index (κ1) is 19.2. The molecule has 5 heteroatoms. The van der Waals surface area contributed by atoms with Crippen molar-refractivity contribution < 1.29 is 14.3 Å². The van der Waals surface area contributed by atoms with Gasteiger partial charge in [-0.15, -0.1) is 0 Å². The second-order valence-corrected chi connectivity index (χ2v) is 7.08. The minimum Gasteiger partial charge on any atom is -0.497 e. The molecule has 0 bridgehead atoms. The van der Waals surface area contributed by atoms with Crippen LogP contribution >= 0.6 is 0 Å². The fourth-order valence-corrected chi connectivity index (χ4v) is 3.52. The van der Waals surface area contributed by atoms with Crippen molar-refractivity contribution in [1.82, 2.24) is 9.88 Å². The number of carbonyl (C=O) groups excluding carboxylic acids is 1. The number of carbonyl (C=O) groups is 1. The fraction of sp³-hybridized carbons (Fsp3) is 0.455. The fourth-order valence-electron chi connectivity index (χ4n) is 3.52. The molecule has 5 nitrogen and oxygen atoms in total. The molecule has 0 atom stereocenters. The molecule has 0 spiro atoms. The number of hydrogen-bond acceptors (Lipinski definition) is 4. The molecule has 1 amide bonds. The number of likely N-dealkylation sites (tertiary alicyclic amines) is 1. The molecule has 0 unspecified atom stereocenters. The molecule has 1 aromatic heterocycles. The lowest BCUT2D eigenvalue weighted by molar-refractivity contribution is 0.129. The van der Waals surface area contributed by atoms with Crippen molar-refractivity contribution in [3.8, 4) is 11.5 Å². The van der Waals surface area contributed by atoms with Crippen molar-refractivity contribution in [3.05, 3.63) is 54.4 Å². The maximum Gasteiger partial charge on any atom is 0.415 e. The van der Waals surface area contributed by atoms with Gasteiger partial charge >= 0.3 is 6.09 Å². The summed E-state index contributed by atoms with van der Waals surface area (Å²) in [6.45, 7) is 1.56. The summed E-state index contributed by atoms with van der Waals surface area (Å²) in [7, 11) is 1.62. The molecule has 144 valence electrons. The van der Waals surface area contributed by atoms with Gasteiger partial charge in [-0.05, 0) is 73.6 Å². The first-order valence-corrected chi connectivity index (χ1v) is 9.74. The van der Waals surface area contributed by atoms with Gasteiger partial charge in [0.25, 0.3) is 0 Å². The van der Waals surface area contributed by atoms with Gasteiger partial charge in [-0.3, -0.25) is 4.98 Å². The second kappa shape index (κ2) is 9.95. The van der Waals surface area contributed by atoms with Crippen molar-refractivity contribution >= 4 is 6.09 Å². The summed E-state index contributed by atoms with van der Waals surface area (Å²) < 4.78 is 10.6. The van der Waals surface area contributed by atoms with Gasteiger partial charge < -0.3 is 14.4 Å². The van der Waals surface area contributed by atoms with Crippen LogP contribution in [0.2, 0.25) is 0 Å². The molecule has 1 aliphatic rings. The van der Waals surface area contributed by atoms with Crippen LogP contribution in [-0.2, 0) is 6.42 Å². The molecule has 1 aliphatic heterocycles. The maximum atomic E-state index is 12.3. The van der Waals surface area contributed by atoms with Crippen molar-refractivity contribution in [2.45, 2.75) is 38.5 Å². The Hall–Kier alpha value is -2.56. The molecule has 1 aromatic carbocycles. The molecule has 27 heavy (non-hydrogen) atoms. The topological polar surface area (TPSA) is 51.7 Å². The van der Waals surface area contributed by atoms with E-state index in [9.17, 15) is 4.79 Å². The Balaban J connectivity index is 1.33. The van der Waals surface area contributed by atoms with E-state index in [0.717, 1.165) is 38.1 Å². The SMILES string of the molecule is COc1ccc(OC(=O)N2CCC(CCCCc3ccncc3)CC2)cc1. The Morgan fingerprint density at radius 1 is 1.04 bits per heavy atom. The molecule has 2 heterocycles. The van der Waals surface area contributed by atoms with Gasteiger partial charge in [0.15, 0.2) is 0 Å². The molecular weight excluding hydrogens is 340 g/mol. The maximum absolute atomic E-state index is 12.3. The van der Waals surface area contributed by atoms with E-state index >= 15 is 0 Å². The van der Waals surface area contributed by atoms with Crippen molar-refractivity contribution in [1.29, 1.82) is 0 Å². The lowest BCUT2D eigenvalue weighted by Crippen LogP contribution is -2.40. The lowest BCUT2D eigenvalue weighted by Gasteiger charge is -2.31. The van der Waals surface area contributed by atoms with E-state index in [-0.39, 0.29) is 6.09 Å². The average Bonchev–Trinajstić information content (AvgIpc) is 2.73. The van der Waals surface area contributed by atoms with Gasteiger partial charge in [0, 0.05) is 25.5 Å². The zero-order chi connectivity index (χ0) is 18.9. The predicted octanol–water partition coefficient (Wildman–Crippen LogP) is 4.71. The zero-order valence-electron chi connectivity index (χ0n) is 16.0. The monoisotopic (exact) mass is 368 g/mol. The van der Waals surface area contributed by atoms with Crippen molar-refractivity contribution in [3.63, 3.8) is 0 Å². The Morgan fingerprint density at radius 3 is 2.37 bits per heavy atom. The minimum absolute atomic E-state index is 0.253. The molecule has 0 N–H and O–H groups in total. The first-order valence-electron chi connectivity index (χ1n) is 9.74. The standard InChI is InChI=1S/C22H28N2O3/c1-26-20-6-8-21(9-7-20)27-22(25)24-16-12-19(13-17-24)5-3-2-4-18-10-14-23-15-11-18/h6-11,14-15,19H,2-5,12-13,16-17H2,1H3. The summed E-state index contributed by atoms with van der Waals surface area (Å²) in [6.07, 6.45) is 10.4. The Morgan fingerprint density at radius 2 is 1.70 bits per heavy atom. The normalized spacial score (nSPS) is 14.8. The molecule has 0 saturated carbocycles. The van der Waals surface area contributed by atoms with Gasteiger partial charge in [-0.1, -0.05) is 12.8 Å². The van der Waals surface area contributed by atoms with Crippen LogP contribution in [0.25, 0.3) is 0 Å². The molecule has 1 fully saturated rings. The summed E-state index contributed by atoms with van der Waals surface area (Å²) >= 11 is 0. The predicted molar refractivity (Wildman–Crippen MR) is 105 cm³/mol. The number of unbranched alkanes of at least 4 members (excludes halogenated alkanes) is 1. The summed E-state index contributed by atoms with van der Waals surface area (Å²) in [5.74, 6) is 2.02. The van der Waals surface area contributed by atoms with Crippen molar-refractivity contribution in [2.24, 2.45) is 5.92 Å². The molecule has 0 aliphatic carbocycles. The van der Waals surface area contributed by atoms with Crippen LogP contribution in [0.15, 0.2) is 48.8 Å².